The lowest BCUT2D eigenvalue weighted by molar-refractivity contribution is -0.130. The maximum absolute atomic E-state index is 11.8. The number of hydrogen-bond acceptors (Lipinski definition) is 6. The number of carbonyl (C=O) groups is 3. The fourth-order valence-corrected chi connectivity index (χ4v) is 3.23. The Labute approximate surface area is 118 Å². The Bertz CT molecular complexity index is 515. The van der Waals surface area contributed by atoms with Gasteiger partial charge in [0.25, 0.3) is 0 Å². The molecule has 8 heteroatoms. The summed E-state index contributed by atoms with van der Waals surface area (Å²) in [5.41, 5.74) is 0.418. The maximum atomic E-state index is 11.8. The van der Waals surface area contributed by atoms with Crippen molar-refractivity contribution in [3.8, 4) is 0 Å². The lowest BCUT2D eigenvalue weighted by atomic mass is 10.3. The second-order valence-corrected chi connectivity index (χ2v) is 5.64. The highest BCUT2D eigenvalue weighted by Crippen LogP contribution is 2.23. The van der Waals surface area contributed by atoms with E-state index < -0.39 is 5.97 Å². The fraction of sp³-hybridized carbons (Fsp3) is 0.364. The molecule has 0 aliphatic carbocycles. The van der Waals surface area contributed by atoms with Gasteiger partial charge in [0.1, 0.15) is 11.4 Å². The van der Waals surface area contributed by atoms with Crippen LogP contribution in [0.25, 0.3) is 0 Å². The van der Waals surface area contributed by atoms with Gasteiger partial charge in [0.15, 0.2) is 0 Å². The quantitative estimate of drug-likeness (QED) is 0.840. The predicted molar refractivity (Wildman–Crippen MR) is 73.3 cm³/mol. The van der Waals surface area contributed by atoms with Crippen LogP contribution in [-0.4, -0.2) is 48.0 Å². The summed E-state index contributed by atoms with van der Waals surface area (Å²) in [6.45, 7) is 0.00227. The van der Waals surface area contributed by atoms with E-state index in [0.29, 0.717) is 22.2 Å². The van der Waals surface area contributed by atoms with Crippen molar-refractivity contribution < 1.29 is 19.1 Å². The van der Waals surface area contributed by atoms with Gasteiger partial charge in [-0.05, 0) is 11.4 Å². The normalized spacial score (nSPS) is 14.6. The summed E-state index contributed by atoms with van der Waals surface area (Å²) in [5.74, 6) is 0.0926. The summed E-state index contributed by atoms with van der Waals surface area (Å²) >= 11 is 2.67. The zero-order chi connectivity index (χ0) is 13.8. The monoisotopic (exact) mass is 300 g/mol. The molecule has 0 aromatic carbocycles. The molecule has 102 valence electrons. The highest BCUT2D eigenvalue weighted by Gasteiger charge is 2.23. The van der Waals surface area contributed by atoms with Crippen LogP contribution in [0.2, 0.25) is 0 Å². The van der Waals surface area contributed by atoms with E-state index in [0.717, 1.165) is 0 Å². The lowest BCUT2D eigenvalue weighted by Crippen LogP contribution is -2.34. The molecule has 1 fully saturated rings. The molecular formula is C11H12N2O4S2. The van der Waals surface area contributed by atoms with Crippen molar-refractivity contribution in [3.63, 3.8) is 0 Å². The first-order valence-corrected chi connectivity index (χ1v) is 7.46. The zero-order valence-electron chi connectivity index (χ0n) is 10.2. The van der Waals surface area contributed by atoms with E-state index in [1.165, 1.54) is 35.1 Å². The number of methoxy groups -OCH3 is 1. The van der Waals surface area contributed by atoms with Crippen LogP contribution in [0.5, 0.6) is 0 Å². The van der Waals surface area contributed by atoms with Crippen molar-refractivity contribution in [2.45, 2.75) is 0 Å². The minimum absolute atomic E-state index is 0.00227. The molecule has 1 aliphatic heterocycles. The van der Waals surface area contributed by atoms with Gasteiger partial charge >= 0.3 is 5.97 Å². The smallest absolute Gasteiger partial charge is 0.350 e. The number of nitrogens with zero attached hydrogens (tertiary/aromatic N) is 1. The molecule has 19 heavy (non-hydrogen) atoms. The second-order valence-electron chi connectivity index (χ2n) is 3.77. The number of carbonyl (C=O) groups excluding carboxylic acids is 3. The number of ether oxygens (including phenoxy) is 1. The topological polar surface area (TPSA) is 75.7 Å². The van der Waals surface area contributed by atoms with Gasteiger partial charge in [0, 0.05) is 0 Å². The van der Waals surface area contributed by atoms with Gasteiger partial charge in [-0.25, -0.2) is 4.79 Å². The maximum Gasteiger partial charge on any atom is 0.350 e. The van der Waals surface area contributed by atoms with Crippen LogP contribution in [0.1, 0.15) is 9.67 Å². The molecule has 0 spiro atoms. The molecule has 1 aromatic rings. The minimum atomic E-state index is -0.488. The standard InChI is InChI=1S/C11H12N2O4S2/c1-17-11(16)10-7(2-3-19-10)12-8(14)4-13-6-18-5-9(13)15/h2-3H,4-6H2,1H3,(H,12,14). The van der Waals surface area contributed by atoms with Gasteiger partial charge in [-0.1, -0.05) is 0 Å². The lowest BCUT2D eigenvalue weighted by Gasteiger charge is -2.14. The molecule has 0 atom stereocenters. The first kappa shape index (κ1) is 13.9. The van der Waals surface area contributed by atoms with Crippen LogP contribution in [0, 0.1) is 0 Å². The summed E-state index contributed by atoms with van der Waals surface area (Å²) < 4.78 is 4.62. The molecule has 1 aliphatic rings. The van der Waals surface area contributed by atoms with Crippen LogP contribution in [0.15, 0.2) is 11.4 Å². The van der Waals surface area contributed by atoms with E-state index >= 15 is 0 Å². The van der Waals surface area contributed by atoms with E-state index in [1.54, 1.807) is 11.4 Å². The molecule has 2 rings (SSSR count). The van der Waals surface area contributed by atoms with Gasteiger partial charge in [-0.3, -0.25) is 9.59 Å². The van der Waals surface area contributed by atoms with Gasteiger partial charge in [-0.15, -0.1) is 23.1 Å². The Morgan fingerprint density at radius 3 is 2.95 bits per heavy atom. The number of anilines is 1. The summed E-state index contributed by atoms with van der Waals surface area (Å²) in [6.07, 6.45) is 0. The second kappa shape index (κ2) is 6.07. The van der Waals surface area contributed by atoms with Gasteiger partial charge < -0.3 is 15.0 Å². The molecule has 0 unspecified atom stereocenters. The molecule has 6 nitrogen and oxygen atoms in total. The molecule has 1 N–H and O–H groups in total. The van der Waals surface area contributed by atoms with Crippen molar-refractivity contribution in [2.24, 2.45) is 0 Å². The van der Waals surface area contributed by atoms with Crippen LogP contribution in [0.4, 0.5) is 5.69 Å². The first-order valence-electron chi connectivity index (χ1n) is 5.43. The summed E-state index contributed by atoms with van der Waals surface area (Å²) in [6, 6.07) is 1.63. The van der Waals surface area contributed by atoms with Crippen molar-refractivity contribution in [1.29, 1.82) is 0 Å². The SMILES string of the molecule is COC(=O)c1sccc1NC(=O)CN1CSCC1=O. The van der Waals surface area contributed by atoms with E-state index in [4.69, 9.17) is 0 Å². The Morgan fingerprint density at radius 2 is 2.32 bits per heavy atom. The van der Waals surface area contributed by atoms with Crippen molar-refractivity contribution in [1.82, 2.24) is 4.90 Å². The third-order valence-corrected chi connectivity index (χ3v) is 4.31. The third kappa shape index (κ3) is 3.27. The Morgan fingerprint density at radius 1 is 1.53 bits per heavy atom. The molecule has 0 saturated carbocycles. The average Bonchev–Trinajstić information content (AvgIpc) is 2.99. The van der Waals surface area contributed by atoms with Gasteiger partial charge in [-0.2, -0.15) is 0 Å². The summed E-state index contributed by atoms with van der Waals surface area (Å²) in [4.78, 5) is 36.5. The van der Waals surface area contributed by atoms with Crippen molar-refractivity contribution in [2.75, 3.05) is 30.6 Å². The van der Waals surface area contributed by atoms with Gasteiger partial charge in [0.05, 0.1) is 24.4 Å². The number of rotatable bonds is 4. The Hall–Kier alpha value is -1.54. The molecular weight excluding hydrogens is 288 g/mol. The van der Waals surface area contributed by atoms with E-state index in [9.17, 15) is 14.4 Å². The summed E-state index contributed by atoms with van der Waals surface area (Å²) in [7, 11) is 1.29. The third-order valence-electron chi connectivity index (χ3n) is 2.47. The molecule has 0 radical (unpaired) electrons. The number of nitrogens with one attached hydrogen (secondary N) is 1. The van der Waals surface area contributed by atoms with Crippen molar-refractivity contribution >= 4 is 46.6 Å². The Kier molecular flexibility index (Phi) is 4.43. The number of thiophene rings is 1. The molecule has 1 saturated heterocycles. The first-order chi connectivity index (χ1) is 9.11. The number of esters is 1. The molecule has 0 bridgehead atoms. The zero-order valence-corrected chi connectivity index (χ0v) is 11.8. The number of amides is 2. The van der Waals surface area contributed by atoms with E-state index in [2.05, 4.69) is 10.1 Å². The van der Waals surface area contributed by atoms with Gasteiger partial charge in [0.2, 0.25) is 11.8 Å². The van der Waals surface area contributed by atoms with Crippen molar-refractivity contribution in [3.05, 3.63) is 16.3 Å². The molecule has 1 aromatic heterocycles. The average molecular weight is 300 g/mol. The fourth-order valence-electron chi connectivity index (χ4n) is 1.56. The van der Waals surface area contributed by atoms with E-state index in [1.807, 2.05) is 0 Å². The largest absolute Gasteiger partial charge is 0.465 e. The van der Waals surface area contributed by atoms with Crippen LogP contribution in [0.3, 0.4) is 0 Å². The highest BCUT2D eigenvalue weighted by molar-refractivity contribution is 8.00. The highest BCUT2D eigenvalue weighted by atomic mass is 32.2. The van der Waals surface area contributed by atoms with Crippen LogP contribution in [-0.2, 0) is 14.3 Å². The number of hydrogen-bond donors (Lipinski definition) is 1. The van der Waals surface area contributed by atoms with E-state index in [-0.39, 0.29) is 18.4 Å². The van der Waals surface area contributed by atoms with Crippen LogP contribution >= 0.6 is 23.1 Å². The Balaban J connectivity index is 1.97. The number of thioether (sulfide) groups is 1. The van der Waals surface area contributed by atoms with Crippen LogP contribution < -0.4 is 5.32 Å². The molecule has 2 amide bonds. The minimum Gasteiger partial charge on any atom is -0.465 e. The predicted octanol–water partition coefficient (Wildman–Crippen LogP) is 1.01. The summed E-state index contributed by atoms with van der Waals surface area (Å²) in [5, 5.41) is 4.31. The molecule has 2 heterocycles.